The highest BCUT2D eigenvalue weighted by Gasteiger charge is 2.16. The van der Waals surface area contributed by atoms with Gasteiger partial charge in [-0.2, -0.15) is 0 Å². The largest absolute Gasteiger partial charge is 0.321 e. The first kappa shape index (κ1) is 13.6. The molecule has 0 amide bonds. The number of aromatic nitrogens is 3. The molecule has 0 bridgehead atoms. The van der Waals surface area contributed by atoms with Gasteiger partial charge < -0.3 is 4.57 Å². The predicted octanol–water partition coefficient (Wildman–Crippen LogP) is 4.46. The Labute approximate surface area is 127 Å². The Balaban J connectivity index is 2.18. The number of hydrogen-bond donors (Lipinski definition) is 0. The molecule has 1 atom stereocenters. The lowest BCUT2D eigenvalue weighted by molar-refractivity contribution is 0.746. The maximum absolute atomic E-state index is 6.30. The van der Waals surface area contributed by atoms with Crippen LogP contribution >= 0.6 is 22.9 Å². The molecule has 0 radical (unpaired) electrons. The zero-order valence-corrected chi connectivity index (χ0v) is 13.3. The summed E-state index contributed by atoms with van der Waals surface area (Å²) in [6.07, 6.45) is 0. The van der Waals surface area contributed by atoms with E-state index in [1.54, 1.807) is 11.3 Å². The van der Waals surface area contributed by atoms with Crippen LogP contribution < -0.4 is 0 Å². The van der Waals surface area contributed by atoms with Gasteiger partial charge in [0.25, 0.3) is 0 Å². The SMILES string of the molecule is Cc1ccc2nc(C(C)Cl)n(Cc3scnc3C)c2c1. The van der Waals surface area contributed by atoms with Gasteiger partial charge in [0.2, 0.25) is 0 Å². The zero-order chi connectivity index (χ0) is 14.3. The Morgan fingerprint density at radius 1 is 1.35 bits per heavy atom. The van der Waals surface area contributed by atoms with Gasteiger partial charge in [0.05, 0.1) is 34.2 Å². The second-order valence-electron chi connectivity index (χ2n) is 5.03. The molecule has 0 aliphatic heterocycles. The van der Waals surface area contributed by atoms with Gasteiger partial charge in [0.15, 0.2) is 0 Å². The Bertz CT molecular complexity index is 758. The lowest BCUT2D eigenvalue weighted by Gasteiger charge is -2.10. The van der Waals surface area contributed by atoms with Crippen molar-refractivity contribution in [3.63, 3.8) is 0 Å². The standard InChI is InChI=1S/C15H16ClN3S/c1-9-4-5-12-13(6-9)19(15(18-12)10(2)16)7-14-11(3)17-8-20-14/h4-6,8,10H,7H2,1-3H3. The van der Waals surface area contributed by atoms with Gasteiger partial charge in [-0.15, -0.1) is 22.9 Å². The van der Waals surface area contributed by atoms with E-state index in [1.807, 2.05) is 19.4 Å². The summed E-state index contributed by atoms with van der Waals surface area (Å²) in [5.74, 6) is 0.917. The Hall–Kier alpha value is -1.39. The van der Waals surface area contributed by atoms with Crippen molar-refractivity contribution in [1.29, 1.82) is 0 Å². The van der Waals surface area contributed by atoms with Crippen LogP contribution in [0.15, 0.2) is 23.7 Å². The molecule has 1 unspecified atom stereocenters. The number of fused-ring (bicyclic) bond motifs is 1. The van der Waals surface area contributed by atoms with Crippen LogP contribution in [0.1, 0.15) is 34.3 Å². The van der Waals surface area contributed by atoms with Crippen LogP contribution in [0.3, 0.4) is 0 Å². The maximum Gasteiger partial charge on any atom is 0.128 e. The maximum atomic E-state index is 6.30. The number of halogens is 1. The summed E-state index contributed by atoms with van der Waals surface area (Å²) in [6.45, 7) is 6.88. The molecule has 0 aliphatic carbocycles. The summed E-state index contributed by atoms with van der Waals surface area (Å²) in [5, 5.41) is -0.115. The number of rotatable bonds is 3. The smallest absolute Gasteiger partial charge is 0.128 e. The molecular formula is C15H16ClN3S. The molecule has 5 heteroatoms. The van der Waals surface area contributed by atoms with Crippen molar-refractivity contribution in [1.82, 2.24) is 14.5 Å². The molecule has 3 rings (SSSR count). The molecule has 0 saturated heterocycles. The van der Waals surface area contributed by atoms with Crippen molar-refractivity contribution < 1.29 is 0 Å². The normalized spacial score (nSPS) is 13.0. The molecule has 2 aromatic heterocycles. The Morgan fingerprint density at radius 2 is 2.15 bits per heavy atom. The summed E-state index contributed by atoms with van der Waals surface area (Å²) in [6, 6.07) is 6.31. The van der Waals surface area contributed by atoms with Crippen molar-refractivity contribution in [2.24, 2.45) is 0 Å². The number of nitrogens with zero attached hydrogens (tertiary/aromatic N) is 3. The van der Waals surface area contributed by atoms with Gasteiger partial charge in [-0.05, 0) is 38.5 Å². The van der Waals surface area contributed by atoms with Crippen LogP contribution in [-0.4, -0.2) is 14.5 Å². The van der Waals surface area contributed by atoms with Gasteiger partial charge in [0, 0.05) is 4.88 Å². The lowest BCUT2D eigenvalue weighted by Crippen LogP contribution is -2.05. The van der Waals surface area contributed by atoms with E-state index in [-0.39, 0.29) is 5.38 Å². The van der Waals surface area contributed by atoms with Gasteiger partial charge in [-0.25, -0.2) is 9.97 Å². The fraction of sp³-hybridized carbons (Fsp3) is 0.333. The monoisotopic (exact) mass is 305 g/mol. The lowest BCUT2D eigenvalue weighted by atomic mass is 10.2. The second kappa shape index (κ2) is 5.19. The average Bonchev–Trinajstić information content (AvgIpc) is 2.95. The summed E-state index contributed by atoms with van der Waals surface area (Å²) in [4.78, 5) is 10.3. The molecule has 104 valence electrons. The molecule has 0 spiro atoms. The number of benzene rings is 1. The number of aryl methyl sites for hydroxylation is 2. The van der Waals surface area contributed by atoms with E-state index in [9.17, 15) is 0 Å². The van der Waals surface area contributed by atoms with Crippen molar-refractivity contribution in [3.8, 4) is 0 Å². The molecule has 0 aliphatic rings. The summed E-state index contributed by atoms with van der Waals surface area (Å²) >= 11 is 7.98. The van der Waals surface area contributed by atoms with E-state index >= 15 is 0 Å². The summed E-state index contributed by atoms with van der Waals surface area (Å²) < 4.78 is 2.21. The van der Waals surface area contributed by atoms with E-state index < -0.39 is 0 Å². The number of imidazole rings is 1. The second-order valence-corrected chi connectivity index (χ2v) is 6.62. The summed E-state index contributed by atoms with van der Waals surface area (Å²) in [5.41, 5.74) is 6.34. The molecule has 20 heavy (non-hydrogen) atoms. The highest BCUT2D eigenvalue weighted by atomic mass is 35.5. The topological polar surface area (TPSA) is 30.7 Å². The molecule has 1 aromatic carbocycles. The minimum atomic E-state index is -0.115. The van der Waals surface area contributed by atoms with Gasteiger partial charge in [-0.3, -0.25) is 0 Å². The van der Waals surface area contributed by atoms with Crippen LogP contribution in [0.4, 0.5) is 0 Å². The molecule has 0 N–H and O–H groups in total. The quantitative estimate of drug-likeness (QED) is 0.669. The zero-order valence-electron chi connectivity index (χ0n) is 11.7. The molecule has 0 saturated carbocycles. The highest BCUT2D eigenvalue weighted by Crippen LogP contribution is 2.27. The van der Waals surface area contributed by atoms with Crippen molar-refractivity contribution >= 4 is 34.0 Å². The van der Waals surface area contributed by atoms with Crippen LogP contribution in [0, 0.1) is 13.8 Å². The molecule has 3 nitrogen and oxygen atoms in total. The fourth-order valence-corrected chi connectivity index (χ4v) is 3.27. The Kier molecular flexibility index (Phi) is 3.52. The van der Waals surface area contributed by atoms with Gasteiger partial charge in [0.1, 0.15) is 5.82 Å². The highest BCUT2D eigenvalue weighted by molar-refractivity contribution is 7.09. The van der Waals surface area contributed by atoms with Crippen molar-refractivity contribution in [3.05, 3.63) is 45.7 Å². The summed E-state index contributed by atoms with van der Waals surface area (Å²) in [7, 11) is 0. The predicted molar refractivity (Wildman–Crippen MR) is 84.7 cm³/mol. The molecular weight excluding hydrogens is 290 g/mol. The van der Waals surface area contributed by atoms with E-state index in [0.29, 0.717) is 0 Å². The molecule has 3 aromatic rings. The van der Waals surface area contributed by atoms with E-state index in [4.69, 9.17) is 11.6 Å². The average molecular weight is 306 g/mol. The van der Waals surface area contributed by atoms with Gasteiger partial charge >= 0.3 is 0 Å². The van der Waals surface area contributed by atoms with Crippen LogP contribution in [-0.2, 0) is 6.54 Å². The first-order valence-electron chi connectivity index (χ1n) is 6.56. The number of thiazole rings is 1. The van der Waals surface area contributed by atoms with Crippen molar-refractivity contribution in [2.75, 3.05) is 0 Å². The Morgan fingerprint density at radius 3 is 2.80 bits per heavy atom. The number of hydrogen-bond acceptors (Lipinski definition) is 3. The molecule has 2 heterocycles. The van der Waals surface area contributed by atoms with E-state index in [0.717, 1.165) is 29.1 Å². The van der Waals surface area contributed by atoms with Crippen molar-refractivity contribution in [2.45, 2.75) is 32.7 Å². The third-order valence-electron chi connectivity index (χ3n) is 3.44. The van der Waals surface area contributed by atoms with E-state index in [1.165, 1.54) is 10.4 Å². The van der Waals surface area contributed by atoms with Crippen LogP contribution in [0.5, 0.6) is 0 Å². The minimum Gasteiger partial charge on any atom is -0.321 e. The first-order chi connectivity index (χ1) is 9.56. The third-order valence-corrected chi connectivity index (χ3v) is 4.55. The minimum absolute atomic E-state index is 0.115. The third kappa shape index (κ3) is 2.34. The van der Waals surface area contributed by atoms with E-state index in [2.05, 4.69) is 39.7 Å². The first-order valence-corrected chi connectivity index (χ1v) is 7.87. The van der Waals surface area contributed by atoms with Crippen LogP contribution in [0.25, 0.3) is 11.0 Å². The molecule has 0 fully saturated rings. The van der Waals surface area contributed by atoms with Gasteiger partial charge in [-0.1, -0.05) is 6.07 Å². The van der Waals surface area contributed by atoms with Crippen LogP contribution in [0.2, 0.25) is 0 Å². The number of alkyl halides is 1. The fourth-order valence-electron chi connectivity index (χ4n) is 2.34.